The van der Waals surface area contributed by atoms with Crippen LogP contribution in [0.5, 0.6) is 0 Å². The molecule has 1 aliphatic heterocycles. The average Bonchev–Trinajstić information content (AvgIpc) is 2.35. The fourth-order valence-electron chi connectivity index (χ4n) is 2.89. The van der Waals surface area contributed by atoms with Crippen LogP contribution in [0, 0.1) is 11.8 Å². The third kappa shape index (κ3) is 5.38. The van der Waals surface area contributed by atoms with E-state index in [9.17, 15) is 9.90 Å². The fraction of sp³-hybridized carbons (Fsp3) is 0.933. The maximum absolute atomic E-state index is 12.4. The van der Waals surface area contributed by atoms with E-state index in [-0.39, 0.29) is 24.5 Å². The molecule has 0 bridgehead atoms. The van der Waals surface area contributed by atoms with E-state index in [0.717, 1.165) is 6.42 Å². The van der Waals surface area contributed by atoms with Gasteiger partial charge in [-0.1, -0.05) is 13.8 Å². The first-order valence-corrected chi connectivity index (χ1v) is 7.54. The highest BCUT2D eigenvalue weighted by Crippen LogP contribution is 2.23. The van der Waals surface area contributed by atoms with Crippen LogP contribution in [0.2, 0.25) is 0 Å². The Hall–Kier alpha value is -0.650. The molecule has 0 aliphatic carbocycles. The van der Waals surface area contributed by atoms with Crippen molar-refractivity contribution < 1.29 is 14.6 Å². The van der Waals surface area contributed by atoms with Gasteiger partial charge < -0.3 is 20.5 Å². The number of ether oxygens (including phenoxy) is 1. The highest BCUT2D eigenvalue weighted by Gasteiger charge is 2.35. The molecule has 0 radical (unpaired) electrons. The number of hydrogen-bond donors (Lipinski definition) is 2. The molecule has 0 aromatic rings. The predicted octanol–water partition coefficient (Wildman–Crippen LogP) is 0.996. The summed E-state index contributed by atoms with van der Waals surface area (Å²) < 4.78 is 5.73. The van der Waals surface area contributed by atoms with Gasteiger partial charge in [-0.2, -0.15) is 0 Å². The number of carbonyl (C=O) groups is 1. The molecule has 1 rings (SSSR count). The molecule has 0 aromatic carbocycles. The summed E-state index contributed by atoms with van der Waals surface area (Å²) in [4.78, 5) is 14.2. The summed E-state index contributed by atoms with van der Waals surface area (Å²) in [6.07, 6.45) is 1.17. The molecule has 20 heavy (non-hydrogen) atoms. The summed E-state index contributed by atoms with van der Waals surface area (Å²) in [7, 11) is 0. The van der Waals surface area contributed by atoms with E-state index in [0.29, 0.717) is 32.0 Å². The number of aliphatic hydroxyl groups is 1. The number of nitrogens with zero attached hydrogens (tertiary/aromatic N) is 1. The van der Waals surface area contributed by atoms with E-state index >= 15 is 0 Å². The molecule has 1 fully saturated rings. The predicted molar refractivity (Wildman–Crippen MR) is 79.2 cm³/mol. The summed E-state index contributed by atoms with van der Waals surface area (Å²) in [5, 5.41) is 9.29. The van der Waals surface area contributed by atoms with Crippen molar-refractivity contribution in [3.05, 3.63) is 0 Å². The topological polar surface area (TPSA) is 75.8 Å². The minimum absolute atomic E-state index is 0.0560. The van der Waals surface area contributed by atoms with Crippen LogP contribution in [0.4, 0.5) is 0 Å². The lowest BCUT2D eigenvalue weighted by molar-refractivity contribution is -0.167. The fourth-order valence-corrected chi connectivity index (χ4v) is 2.89. The molecule has 3 N–H and O–H groups in total. The Morgan fingerprint density at radius 1 is 1.50 bits per heavy atom. The molecule has 1 aliphatic rings. The Morgan fingerprint density at radius 3 is 2.65 bits per heavy atom. The lowest BCUT2D eigenvalue weighted by atomic mass is 9.93. The maximum atomic E-state index is 12.4. The normalized spacial score (nSPS) is 23.9. The van der Waals surface area contributed by atoms with Crippen LogP contribution in [-0.2, 0) is 9.53 Å². The van der Waals surface area contributed by atoms with E-state index in [2.05, 4.69) is 13.8 Å². The number of carbonyl (C=O) groups excluding carboxylic acids is 1. The third-order valence-electron chi connectivity index (χ3n) is 3.64. The van der Waals surface area contributed by atoms with Crippen LogP contribution >= 0.6 is 0 Å². The van der Waals surface area contributed by atoms with Gasteiger partial charge in [-0.15, -0.1) is 0 Å². The number of nitrogens with two attached hydrogens (primary N) is 1. The van der Waals surface area contributed by atoms with Crippen molar-refractivity contribution in [2.24, 2.45) is 17.6 Å². The van der Waals surface area contributed by atoms with Crippen LogP contribution in [0.25, 0.3) is 0 Å². The standard InChI is InChI=1S/C15H30N2O3/c1-11(2)5-12(7-16)6-14(19)17-8-13(9-18)20-15(3,4)10-17/h11-13,18H,5-10,16H2,1-4H3. The van der Waals surface area contributed by atoms with Crippen molar-refractivity contribution in [3.8, 4) is 0 Å². The van der Waals surface area contributed by atoms with Crippen LogP contribution in [0.3, 0.4) is 0 Å². The molecule has 1 saturated heterocycles. The van der Waals surface area contributed by atoms with Gasteiger partial charge in [0.1, 0.15) is 0 Å². The van der Waals surface area contributed by atoms with Crippen molar-refractivity contribution in [2.75, 3.05) is 26.2 Å². The second-order valence-electron chi connectivity index (χ2n) is 6.89. The summed E-state index contributed by atoms with van der Waals surface area (Å²) in [5.41, 5.74) is 5.37. The SMILES string of the molecule is CC(C)CC(CN)CC(=O)N1CC(CO)OC(C)(C)C1. The number of aliphatic hydroxyl groups excluding tert-OH is 1. The zero-order valence-electron chi connectivity index (χ0n) is 13.3. The van der Waals surface area contributed by atoms with Gasteiger partial charge >= 0.3 is 0 Å². The highest BCUT2D eigenvalue weighted by molar-refractivity contribution is 5.76. The highest BCUT2D eigenvalue weighted by atomic mass is 16.5. The first-order valence-electron chi connectivity index (χ1n) is 7.54. The smallest absolute Gasteiger partial charge is 0.223 e. The van der Waals surface area contributed by atoms with Gasteiger partial charge in [0.25, 0.3) is 0 Å². The van der Waals surface area contributed by atoms with E-state index in [1.165, 1.54) is 0 Å². The number of rotatable bonds is 6. The molecule has 5 nitrogen and oxygen atoms in total. The number of hydrogen-bond acceptors (Lipinski definition) is 4. The van der Waals surface area contributed by atoms with Gasteiger partial charge in [-0.25, -0.2) is 0 Å². The summed E-state index contributed by atoms with van der Waals surface area (Å²) in [6, 6.07) is 0. The molecular weight excluding hydrogens is 256 g/mol. The third-order valence-corrected chi connectivity index (χ3v) is 3.64. The Balaban J connectivity index is 2.61. The molecule has 5 heteroatoms. The molecule has 1 amide bonds. The second-order valence-corrected chi connectivity index (χ2v) is 6.89. The van der Waals surface area contributed by atoms with Gasteiger partial charge in [0.05, 0.1) is 18.3 Å². The van der Waals surface area contributed by atoms with Crippen LogP contribution in [0.1, 0.15) is 40.5 Å². The molecule has 2 atom stereocenters. The van der Waals surface area contributed by atoms with Gasteiger partial charge in [0.15, 0.2) is 0 Å². The molecule has 0 aromatic heterocycles. The van der Waals surface area contributed by atoms with Gasteiger partial charge in [0, 0.05) is 19.5 Å². The van der Waals surface area contributed by atoms with E-state index in [1.54, 1.807) is 0 Å². The molecule has 2 unspecified atom stereocenters. The molecule has 1 heterocycles. The Labute approximate surface area is 122 Å². The lowest BCUT2D eigenvalue weighted by Gasteiger charge is -2.42. The van der Waals surface area contributed by atoms with Crippen LogP contribution in [0.15, 0.2) is 0 Å². The Morgan fingerprint density at radius 2 is 2.15 bits per heavy atom. The number of morpholine rings is 1. The second kappa shape index (κ2) is 7.38. The van der Waals surface area contributed by atoms with Gasteiger partial charge in [0.2, 0.25) is 5.91 Å². The van der Waals surface area contributed by atoms with Crippen molar-refractivity contribution in [1.82, 2.24) is 4.90 Å². The molecule has 0 saturated carbocycles. The lowest BCUT2D eigenvalue weighted by Crippen LogP contribution is -2.55. The minimum atomic E-state index is -0.405. The zero-order valence-corrected chi connectivity index (χ0v) is 13.3. The summed E-state index contributed by atoms with van der Waals surface area (Å²) in [6.45, 7) is 9.71. The maximum Gasteiger partial charge on any atom is 0.223 e. The summed E-state index contributed by atoms with van der Waals surface area (Å²) in [5.74, 6) is 0.902. The Bertz CT molecular complexity index is 318. The largest absolute Gasteiger partial charge is 0.394 e. The van der Waals surface area contributed by atoms with E-state index < -0.39 is 5.60 Å². The van der Waals surface area contributed by atoms with E-state index in [4.69, 9.17) is 10.5 Å². The van der Waals surface area contributed by atoms with E-state index in [1.807, 2.05) is 18.7 Å². The number of amides is 1. The van der Waals surface area contributed by atoms with Gasteiger partial charge in [-0.05, 0) is 38.6 Å². The van der Waals surface area contributed by atoms with Crippen LogP contribution < -0.4 is 5.73 Å². The molecule has 0 spiro atoms. The Kier molecular flexibility index (Phi) is 6.43. The minimum Gasteiger partial charge on any atom is -0.394 e. The first kappa shape index (κ1) is 17.4. The van der Waals surface area contributed by atoms with Crippen molar-refractivity contribution in [2.45, 2.75) is 52.2 Å². The zero-order chi connectivity index (χ0) is 15.3. The monoisotopic (exact) mass is 286 g/mol. The van der Waals surface area contributed by atoms with Crippen molar-refractivity contribution >= 4 is 5.91 Å². The van der Waals surface area contributed by atoms with Crippen molar-refractivity contribution in [1.29, 1.82) is 0 Å². The molecular formula is C15H30N2O3. The summed E-state index contributed by atoms with van der Waals surface area (Å²) >= 11 is 0. The van der Waals surface area contributed by atoms with Gasteiger partial charge in [-0.3, -0.25) is 4.79 Å². The van der Waals surface area contributed by atoms with Crippen molar-refractivity contribution in [3.63, 3.8) is 0 Å². The van der Waals surface area contributed by atoms with Crippen LogP contribution in [-0.4, -0.2) is 53.9 Å². The first-order chi connectivity index (χ1) is 9.27. The quantitative estimate of drug-likeness (QED) is 0.763. The molecule has 118 valence electrons. The average molecular weight is 286 g/mol.